The molecule has 0 saturated carbocycles. The Labute approximate surface area is 96.8 Å². The first-order valence-electron chi connectivity index (χ1n) is 4.19. The molecule has 0 saturated heterocycles. The van der Waals surface area contributed by atoms with Gasteiger partial charge in [-0.2, -0.15) is 0 Å². The van der Waals surface area contributed by atoms with Crippen LogP contribution in [-0.4, -0.2) is 10.9 Å². The van der Waals surface area contributed by atoms with E-state index in [0.29, 0.717) is 5.57 Å². The van der Waals surface area contributed by atoms with Gasteiger partial charge in [0.2, 0.25) is 0 Å². The summed E-state index contributed by atoms with van der Waals surface area (Å²) in [7, 11) is 0. The Kier molecular flexibility index (Phi) is 3.69. The lowest BCUT2D eigenvalue weighted by molar-refractivity contribution is -0.111. The van der Waals surface area contributed by atoms with Crippen LogP contribution < -0.4 is 0 Å². The van der Waals surface area contributed by atoms with Gasteiger partial charge in [-0.05, 0) is 54.1 Å². The molecular weight excluding hydrogens is 291 g/mol. The van der Waals surface area contributed by atoms with Gasteiger partial charge in [0.25, 0.3) is 0 Å². The maximum atomic E-state index is 11.3. The van der Waals surface area contributed by atoms with E-state index in [1.54, 1.807) is 0 Å². The Morgan fingerprint density at radius 1 is 1.21 bits per heavy atom. The second-order valence-electron chi connectivity index (χ2n) is 3.02. The fourth-order valence-corrected chi connectivity index (χ4v) is 1.64. The normalized spacial score (nSPS) is 12.2. The number of carbonyl (C=O) groups excluding carboxylic acids is 1. The maximum absolute atomic E-state index is 11.3. The largest absolute Gasteiger partial charge is 0.512 e. The van der Waals surface area contributed by atoms with E-state index in [0.717, 1.165) is 9.13 Å². The standard InChI is InChI=1S/C11H11IO2/c1-7(13)11(8(2)14)9-3-5-10(12)6-4-9/h3-6,13H,1-2H3/b11-7-. The van der Waals surface area contributed by atoms with E-state index in [1.807, 2.05) is 24.3 Å². The molecule has 2 nitrogen and oxygen atoms in total. The molecule has 1 rings (SSSR count). The van der Waals surface area contributed by atoms with Crippen LogP contribution >= 0.6 is 22.6 Å². The van der Waals surface area contributed by atoms with Crippen LogP contribution in [0.15, 0.2) is 30.0 Å². The van der Waals surface area contributed by atoms with Crippen molar-refractivity contribution >= 4 is 33.9 Å². The van der Waals surface area contributed by atoms with Gasteiger partial charge >= 0.3 is 0 Å². The first-order chi connectivity index (χ1) is 6.52. The highest BCUT2D eigenvalue weighted by Gasteiger charge is 2.10. The molecule has 0 bridgehead atoms. The smallest absolute Gasteiger partial charge is 0.163 e. The average Bonchev–Trinajstić information content (AvgIpc) is 2.07. The number of hydrogen-bond donors (Lipinski definition) is 1. The molecule has 0 radical (unpaired) electrons. The van der Waals surface area contributed by atoms with Crippen LogP contribution in [0.5, 0.6) is 0 Å². The quantitative estimate of drug-likeness (QED) is 0.517. The number of benzene rings is 1. The van der Waals surface area contributed by atoms with Crippen LogP contribution in [-0.2, 0) is 4.79 Å². The SMILES string of the molecule is CC(=O)/C(=C(\C)O)c1ccc(I)cc1. The summed E-state index contributed by atoms with van der Waals surface area (Å²) < 4.78 is 1.10. The van der Waals surface area contributed by atoms with Crippen molar-refractivity contribution in [2.24, 2.45) is 0 Å². The third kappa shape index (κ3) is 2.57. The van der Waals surface area contributed by atoms with Crippen molar-refractivity contribution < 1.29 is 9.90 Å². The van der Waals surface area contributed by atoms with Crippen molar-refractivity contribution in [2.45, 2.75) is 13.8 Å². The molecule has 0 spiro atoms. The number of aliphatic hydroxyl groups excluding tert-OH is 1. The lowest BCUT2D eigenvalue weighted by Crippen LogP contribution is -1.99. The topological polar surface area (TPSA) is 37.3 Å². The summed E-state index contributed by atoms with van der Waals surface area (Å²) >= 11 is 2.19. The zero-order chi connectivity index (χ0) is 10.7. The highest BCUT2D eigenvalue weighted by atomic mass is 127. The third-order valence-corrected chi connectivity index (χ3v) is 2.57. The predicted octanol–water partition coefficient (Wildman–Crippen LogP) is 3.17. The van der Waals surface area contributed by atoms with Crippen LogP contribution in [0.2, 0.25) is 0 Å². The number of hydrogen-bond acceptors (Lipinski definition) is 2. The Hall–Kier alpha value is -0.840. The third-order valence-electron chi connectivity index (χ3n) is 1.85. The van der Waals surface area contributed by atoms with Gasteiger partial charge in [0.15, 0.2) is 5.78 Å². The van der Waals surface area contributed by atoms with Crippen LogP contribution in [0, 0.1) is 3.57 Å². The molecule has 0 fully saturated rings. The molecule has 3 heteroatoms. The van der Waals surface area contributed by atoms with Crippen molar-refractivity contribution in [3.05, 3.63) is 39.2 Å². The highest BCUT2D eigenvalue weighted by molar-refractivity contribution is 14.1. The summed E-state index contributed by atoms with van der Waals surface area (Å²) in [5.74, 6) is -0.0510. The lowest BCUT2D eigenvalue weighted by atomic mass is 10.0. The fraction of sp³-hybridized carbons (Fsp3) is 0.182. The molecule has 1 N–H and O–H groups in total. The van der Waals surface area contributed by atoms with Gasteiger partial charge in [0.1, 0.15) is 5.76 Å². The van der Waals surface area contributed by atoms with Gasteiger partial charge in [-0.3, -0.25) is 4.79 Å². The number of halogens is 1. The monoisotopic (exact) mass is 302 g/mol. The molecule has 1 aromatic rings. The van der Waals surface area contributed by atoms with Gasteiger partial charge in [-0.25, -0.2) is 0 Å². The molecule has 0 aliphatic carbocycles. The molecular formula is C11H11IO2. The molecule has 0 aromatic heterocycles. The van der Waals surface area contributed by atoms with Crippen molar-refractivity contribution in [3.63, 3.8) is 0 Å². The summed E-state index contributed by atoms with van der Waals surface area (Å²) in [5, 5.41) is 9.36. The molecule has 0 aliphatic heterocycles. The Balaban J connectivity index is 3.21. The zero-order valence-corrected chi connectivity index (χ0v) is 10.2. The second-order valence-corrected chi connectivity index (χ2v) is 4.27. The van der Waals surface area contributed by atoms with E-state index < -0.39 is 0 Å². The molecule has 0 amide bonds. The summed E-state index contributed by atoms with van der Waals surface area (Å²) in [6.07, 6.45) is 0. The second kappa shape index (κ2) is 4.59. The highest BCUT2D eigenvalue weighted by Crippen LogP contribution is 2.19. The van der Waals surface area contributed by atoms with Crippen LogP contribution in [0.4, 0.5) is 0 Å². The van der Waals surface area contributed by atoms with E-state index >= 15 is 0 Å². The van der Waals surface area contributed by atoms with Gasteiger partial charge in [-0.15, -0.1) is 0 Å². The Morgan fingerprint density at radius 2 is 1.71 bits per heavy atom. The number of ketones is 1. The minimum absolute atomic E-state index is 0.0682. The predicted molar refractivity (Wildman–Crippen MR) is 65.1 cm³/mol. The lowest BCUT2D eigenvalue weighted by Gasteiger charge is -2.05. The fourth-order valence-electron chi connectivity index (χ4n) is 1.28. The van der Waals surface area contributed by atoms with Crippen molar-refractivity contribution in [3.8, 4) is 0 Å². The average molecular weight is 302 g/mol. The summed E-state index contributed by atoms with van der Waals surface area (Å²) in [4.78, 5) is 11.3. The molecule has 0 aliphatic rings. The maximum Gasteiger partial charge on any atom is 0.163 e. The zero-order valence-electron chi connectivity index (χ0n) is 8.04. The van der Waals surface area contributed by atoms with Crippen molar-refractivity contribution in [1.29, 1.82) is 0 Å². The van der Waals surface area contributed by atoms with Gasteiger partial charge in [-0.1, -0.05) is 12.1 Å². The molecule has 0 heterocycles. The number of rotatable bonds is 2. The van der Waals surface area contributed by atoms with E-state index in [-0.39, 0.29) is 11.5 Å². The van der Waals surface area contributed by atoms with Crippen molar-refractivity contribution in [2.75, 3.05) is 0 Å². The first-order valence-corrected chi connectivity index (χ1v) is 5.27. The number of allylic oxidation sites excluding steroid dienone is 2. The molecule has 14 heavy (non-hydrogen) atoms. The van der Waals surface area contributed by atoms with Crippen molar-refractivity contribution in [1.82, 2.24) is 0 Å². The van der Waals surface area contributed by atoms with Gasteiger partial charge in [0, 0.05) is 3.57 Å². The summed E-state index contributed by atoms with van der Waals surface area (Å²) in [6, 6.07) is 7.47. The number of aliphatic hydroxyl groups is 1. The minimum Gasteiger partial charge on any atom is -0.512 e. The molecule has 74 valence electrons. The number of carbonyl (C=O) groups is 1. The summed E-state index contributed by atoms with van der Waals surface area (Å²) in [5.41, 5.74) is 1.15. The first kappa shape index (κ1) is 11.2. The van der Waals surface area contributed by atoms with E-state index in [1.165, 1.54) is 13.8 Å². The van der Waals surface area contributed by atoms with E-state index in [9.17, 15) is 9.90 Å². The van der Waals surface area contributed by atoms with Crippen LogP contribution in [0.25, 0.3) is 5.57 Å². The van der Waals surface area contributed by atoms with Gasteiger partial charge in [0.05, 0.1) is 5.57 Å². The van der Waals surface area contributed by atoms with Gasteiger partial charge < -0.3 is 5.11 Å². The summed E-state index contributed by atoms with van der Waals surface area (Å²) in [6.45, 7) is 2.97. The van der Waals surface area contributed by atoms with Crippen LogP contribution in [0.3, 0.4) is 0 Å². The Morgan fingerprint density at radius 3 is 2.07 bits per heavy atom. The molecule has 0 atom stereocenters. The van der Waals surface area contributed by atoms with E-state index in [4.69, 9.17) is 0 Å². The van der Waals surface area contributed by atoms with E-state index in [2.05, 4.69) is 22.6 Å². The van der Waals surface area contributed by atoms with Crippen LogP contribution in [0.1, 0.15) is 19.4 Å². The molecule has 0 unspecified atom stereocenters. The molecule has 1 aromatic carbocycles. The Bertz CT molecular complexity index is 373. The minimum atomic E-state index is -0.119. The number of Topliss-reactive ketones (excluding diaryl/α,β-unsaturated/α-hetero) is 1.